The molecule has 0 N–H and O–H groups in total. The molecule has 6 rings (SSSR count). The van der Waals surface area contributed by atoms with Crippen molar-refractivity contribution in [2.75, 3.05) is 11.4 Å². The number of anilines is 2. The molecule has 5 aromatic rings. The van der Waals surface area contributed by atoms with Gasteiger partial charge in [-0.25, -0.2) is 4.79 Å². The van der Waals surface area contributed by atoms with Crippen LogP contribution in [0.15, 0.2) is 94.5 Å². The minimum absolute atomic E-state index is 0.213. The van der Waals surface area contributed by atoms with Crippen molar-refractivity contribution in [3.8, 4) is 11.5 Å². The highest BCUT2D eigenvalue weighted by Crippen LogP contribution is 2.34. The minimum Gasteiger partial charge on any atom is -0.457 e. The maximum absolute atomic E-state index is 13.7. The Kier molecular flexibility index (Phi) is 5.64. The van der Waals surface area contributed by atoms with Crippen LogP contribution in [0.4, 0.5) is 11.6 Å². The van der Waals surface area contributed by atoms with Crippen LogP contribution in [-0.4, -0.2) is 25.2 Å². The Morgan fingerprint density at radius 3 is 2.22 bits per heavy atom. The van der Waals surface area contributed by atoms with E-state index in [1.807, 2.05) is 89.5 Å². The van der Waals surface area contributed by atoms with E-state index in [1.54, 1.807) is 7.05 Å². The highest BCUT2D eigenvalue weighted by atomic mass is 16.5. The number of rotatable bonds is 5. The molecule has 0 radical (unpaired) electrons. The van der Waals surface area contributed by atoms with E-state index in [9.17, 15) is 9.59 Å². The standard InChI is InChI=1S/C29H27N5O3/c1-20-17-32(22-13-15-24(16-14-22)37-23-11-7-4-8-12-23)28-30-26-25(33(28)18-20)27(35)34(29(36)31(26)2)19-21-9-5-3-6-10-21/h3-16,20H,17-19H2,1-2H3/t20-/m0/s1. The van der Waals surface area contributed by atoms with Crippen molar-refractivity contribution in [3.05, 3.63) is 111 Å². The van der Waals surface area contributed by atoms with Gasteiger partial charge in [0, 0.05) is 25.8 Å². The number of aryl methyl sites for hydroxylation is 1. The molecular weight excluding hydrogens is 466 g/mol. The topological polar surface area (TPSA) is 74.3 Å². The summed E-state index contributed by atoms with van der Waals surface area (Å²) in [7, 11) is 1.67. The molecule has 1 atom stereocenters. The second-order valence-electron chi connectivity index (χ2n) is 9.54. The fourth-order valence-corrected chi connectivity index (χ4v) is 4.95. The van der Waals surface area contributed by atoms with Crippen LogP contribution in [0.5, 0.6) is 11.5 Å². The molecule has 0 bridgehead atoms. The molecule has 0 saturated carbocycles. The Hall–Kier alpha value is -4.59. The molecule has 2 aromatic heterocycles. The first-order chi connectivity index (χ1) is 18.0. The van der Waals surface area contributed by atoms with Crippen molar-refractivity contribution in [2.24, 2.45) is 13.0 Å². The Morgan fingerprint density at radius 2 is 1.51 bits per heavy atom. The van der Waals surface area contributed by atoms with E-state index in [2.05, 4.69) is 11.8 Å². The van der Waals surface area contributed by atoms with Gasteiger partial charge in [0.15, 0.2) is 11.2 Å². The van der Waals surface area contributed by atoms with Crippen LogP contribution >= 0.6 is 0 Å². The lowest BCUT2D eigenvalue weighted by atomic mass is 10.1. The Bertz CT molecular complexity index is 1690. The number of fused-ring (bicyclic) bond motifs is 3. The van der Waals surface area contributed by atoms with E-state index in [0.29, 0.717) is 23.7 Å². The maximum atomic E-state index is 13.7. The molecular formula is C29H27N5O3. The summed E-state index contributed by atoms with van der Waals surface area (Å²) in [6.07, 6.45) is 0. The zero-order chi connectivity index (χ0) is 25.5. The fraction of sp³-hybridized carbons (Fsp3) is 0.207. The molecule has 0 unspecified atom stereocenters. The number of hydrogen-bond acceptors (Lipinski definition) is 5. The molecule has 0 aliphatic carbocycles. The summed E-state index contributed by atoms with van der Waals surface area (Å²) in [6, 6.07) is 27.0. The molecule has 3 heterocycles. The molecule has 3 aromatic carbocycles. The molecule has 0 fully saturated rings. The molecule has 0 spiro atoms. The first-order valence-electron chi connectivity index (χ1n) is 12.3. The molecule has 0 saturated heterocycles. The lowest BCUT2D eigenvalue weighted by Crippen LogP contribution is -2.40. The van der Waals surface area contributed by atoms with Gasteiger partial charge in [0.05, 0.1) is 6.54 Å². The predicted octanol–water partition coefficient (Wildman–Crippen LogP) is 4.53. The van der Waals surface area contributed by atoms with Crippen LogP contribution in [0.25, 0.3) is 11.2 Å². The summed E-state index contributed by atoms with van der Waals surface area (Å²) in [5.41, 5.74) is 2.00. The predicted molar refractivity (Wildman–Crippen MR) is 144 cm³/mol. The molecule has 1 aliphatic heterocycles. The fourth-order valence-electron chi connectivity index (χ4n) is 4.95. The Balaban J connectivity index is 1.42. The van der Waals surface area contributed by atoms with Gasteiger partial charge in [-0.05, 0) is 47.9 Å². The van der Waals surface area contributed by atoms with Gasteiger partial charge in [-0.1, -0.05) is 55.5 Å². The van der Waals surface area contributed by atoms with Gasteiger partial charge in [0.2, 0.25) is 5.95 Å². The van der Waals surface area contributed by atoms with Crippen LogP contribution in [0.3, 0.4) is 0 Å². The van der Waals surface area contributed by atoms with Gasteiger partial charge in [-0.2, -0.15) is 4.98 Å². The van der Waals surface area contributed by atoms with Crippen LogP contribution in [0.2, 0.25) is 0 Å². The van der Waals surface area contributed by atoms with Gasteiger partial charge in [-0.3, -0.25) is 13.9 Å². The molecule has 37 heavy (non-hydrogen) atoms. The summed E-state index contributed by atoms with van der Waals surface area (Å²) in [6.45, 7) is 3.76. The zero-order valence-corrected chi connectivity index (χ0v) is 20.7. The lowest BCUT2D eigenvalue weighted by molar-refractivity contribution is 0.457. The molecule has 1 aliphatic rings. The second kappa shape index (κ2) is 9.13. The van der Waals surface area contributed by atoms with Crippen LogP contribution in [0, 0.1) is 5.92 Å². The van der Waals surface area contributed by atoms with Gasteiger partial charge < -0.3 is 14.2 Å². The van der Waals surface area contributed by atoms with Crippen molar-refractivity contribution in [1.29, 1.82) is 0 Å². The highest BCUT2D eigenvalue weighted by molar-refractivity contribution is 5.77. The monoisotopic (exact) mass is 493 g/mol. The number of imidazole rings is 1. The van der Waals surface area contributed by atoms with Gasteiger partial charge >= 0.3 is 5.69 Å². The van der Waals surface area contributed by atoms with E-state index in [-0.39, 0.29) is 23.7 Å². The number of aromatic nitrogens is 4. The number of nitrogens with zero attached hydrogens (tertiary/aromatic N) is 5. The Morgan fingerprint density at radius 1 is 0.865 bits per heavy atom. The normalized spacial score (nSPS) is 15.1. The highest BCUT2D eigenvalue weighted by Gasteiger charge is 2.30. The minimum atomic E-state index is -0.376. The zero-order valence-electron chi connectivity index (χ0n) is 20.7. The number of benzene rings is 3. The third kappa shape index (κ3) is 4.10. The third-order valence-electron chi connectivity index (χ3n) is 6.75. The smallest absolute Gasteiger partial charge is 0.332 e. The summed E-state index contributed by atoms with van der Waals surface area (Å²) in [5.74, 6) is 2.44. The molecule has 0 amide bonds. The quantitative estimate of drug-likeness (QED) is 0.360. The third-order valence-corrected chi connectivity index (χ3v) is 6.75. The first-order valence-corrected chi connectivity index (χ1v) is 12.3. The SMILES string of the molecule is C[C@H]1CN(c2ccc(Oc3ccccc3)cc2)c2nc3c(c(=O)n(Cc4ccccc4)c(=O)n3C)n2C1. The summed E-state index contributed by atoms with van der Waals surface area (Å²) in [5, 5.41) is 0. The lowest BCUT2D eigenvalue weighted by Gasteiger charge is -2.33. The van der Waals surface area contributed by atoms with E-state index in [1.165, 1.54) is 9.13 Å². The van der Waals surface area contributed by atoms with Gasteiger partial charge in [0.25, 0.3) is 5.56 Å². The summed E-state index contributed by atoms with van der Waals surface area (Å²) in [4.78, 5) is 33.7. The van der Waals surface area contributed by atoms with Crippen LogP contribution in [-0.2, 0) is 20.1 Å². The van der Waals surface area contributed by atoms with Crippen molar-refractivity contribution < 1.29 is 4.74 Å². The average molecular weight is 494 g/mol. The van der Waals surface area contributed by atoms with E-state index < -0.39 is 0 Å². The molecule has 8 heteroatoms. The van der Waals surface area contributed by atoms with Crippen molar-refractivity contribution in [2.45, 2.75) is 20.0 Å². The van der Waals surface area contributed by atoms with Crippen LogP contribution < -0.4 is 20.9 Å². The van der Waals surface area contributed by atoms with Crippen LogP contribution in [0.1, 0.15) is 12.5 Å². The summed E-state index contributed by atoms with van der Waals surface area (Å²) < 4.78 is 10.7. The van der Waals surface area contributed by atoms with Crippen molar-refractivity contribution in [1.82, 2.24) is 18.7 Å². The van der Waals surface area contributed by atoms with E-state index in [4.69, 9.17) is 9.72 Å². The first kappa shape index (κ1) is 22.8. The second-order valence-corrected chi connectivity index (χ2v) is 9.54. The average Bonchev–Trinajstić information content (AvgIpc) is 3.31. The largest absolute Gasteiger partial charge is 0.457 e. The maximum Gasteiger partial charge on any atom is 0.332 e. The number of para-hydroxylation sites is 1. The van der Waals surface area contributed by atoms with Gasteiger partial charge in [-0.15, -0.1) is 0 Å². The van der Waals surface area contributed by atoms with E-state index in [0.717, 1.165) is 29.3 Å². The molecule has 8 nitrogen and oxygen atoms in total. The number of hydrogen-bond donors (Lipinski definition) is 0. The van der Waals surface area contributed by atoms with E-state index >= 15 is 0 Å². The van der Waals surface area contributed by atoms with Crippen molar-refractivity contribution >= 4 is 22.8 Å². The summed E-state index contributed by atoms with van der Waals surface area (Å²) >= 11 is 0. The Labute approximate surface area is 213 Å². The van der Waals surface area contributed by atoms with Gasteiger partial charge in [0.1, 0.15) is 11.5 Å². The molecule has 186 valence electrons. The number of ether oxygens (including phenoxy) is 1. The van der Waals surface area contributed by atoms with Crippen molar-refractivity contribution in [3.63, 3.8) is 0 Å².